The minimum atomic E-state index is -0.0550. The Morgan fingerprint density at radius 2 is 2.05 bits per heavy atom. The Kier molecular flexibility index (Phi) is 3.18. The molecule has 0 radical (unpaired) electrons. The van der Waals surface area contributed by atoms with Crippen LogP contribution < -0.4 is 9.47 Å². The third-order valence-electron chi connectivity index (χ3n) is 3.56. The van der Waals surface area contributed by atoms with E-state index in [1.54, 1.807) is 7.11 Å². The van der Waals surface area contributed by atoms with Gasteiger partial charge in [0.25, 0.3) is 0 Å². The zero-order chi connectivity index (χ0) is 14.1. The summed E-state index contributed by atoms with van der Waals surface area (Å²) in [7, 11) is 1.58. The van der Waals surface area contributed by atoms with Crippen molar-refractivity contribution in [3.8, 4) is 11.5 Å². The molecule has 1 aliphatic rings. The van der Waals surface area contributed by atoms with Crippen molar-refractivity contribution in [2.24, 2.45) is 0 Å². The zero-order valence-corrected chi connectivity index (χ0v) is 11.6. The number of hydrogen-bond acceptors (Lipinski definition) is 3. The second kappa shape index (κ2) is 5.00. The van der Waals surface area contributed by atoms with Crippen molar-refractivity contribution in [3.05, 3.63) is 58.7 Å². The van der Waals surface area contributed by atoms with E-state index in [9.17, 15) is 4.79 Å². The van der Waals surface area contributed by atoms with E-state index in [2.05, 4.69) is 0 Å². The quantitative estimate of drug-likeness (QED) is 0.802. The second-order valence-electron chi connectivity index (χ2n) is 4.93. The van der Waals surface area contributed by atoms with Gasteiger partial charge in [0.15, 0.2) is 5.78 Å². The van der Waals surface area contributed by atoms with E-state index in [1.807, 2.05) is 43.3 Å². The number of ether oxygens (including phenoxy) is 2. The molecule has 0 saturated carbocycles. The fraction of sp³-hybridized carbons (Fsp3) is 0.235. The first-order valence-electron chi connectivity index (χ1n) is 6.64. The highest BCUT2D eigenvalue weighted by Crippen LogP contribution is 2.33. The van der Waals surface area contributed by atoms with Gasteiger partial charge < -0.3 is 9.47 Å². The zero-order valence-electron chi connectivity index (χ0n) is 11.6. The number of hydrogen-bond donors (Lipinski definition) is 0. The Morgan fingerprint density at radius 3 is 2.85 bits per heavy atom. The molecule has 3 heteroatoms. The molecule has 102 valence electrons. The molecule has 0 saturated heterocycles. The summed E-state index contributed by atoms with van der Waals surface area (Å²) in [5, 5.41) is 0. The van der Waals surface area contributed by atoms with Gasteiger partial charge in [0.1, 0.15) is 11.5 Å². The summed E-state index contributed by atoms with van der Waals surface area (Å²) >= 11 is 0. The molecule has 0 fully saturated rings. The Morgan fingerprint density at radius 1 is 1.20 bits per heavy atom. The summed E-state index contributed by atoms with van der Waals surface area (Å²) in [6, 6.07) is 11.3. The van der Waals surface area contributed by atoms with Crippen molar-refractivity contribution < 1.29 is 14.3 Å². The number of rotatable bonds is 3. The van der Waals surface area contributed by atoms with Gasteiger partial charge in [-0.1, -0.05) is 18.2 Å². The topological polar surface area (TPSA) is 35.5 Å². The van der Waals surface area contributed by atoms with Crippen LogP contribution >= 0.6 is 0 Å². The van der Waals surface area contributed by atoms with Crippen molar-refractivity contribution >= 4 is 5.78 Å². The second-order valence-corrected chi connectivity index (χ2v) is 4.93. The standard InChI is InChI=1S/C17H16O3/c1-11-6-7-13(15(10-11)19-2)16(18)14-5-3-4-12-8-9-20-17(12)14/h3-7,10H,8-9H2,1-2H3. The van der Waals surface area contributed by atoms with Crippen molar-refractivity contribution in [1.29, 1.82) is 0 Å². The van der Waals surface area contributed by atoms with E-state index in [0.29, 0.717) is 23.5 Å². The van der Waals surface area contributed by atoms with Gasteiger partial charge in [0.2, 0.25) is 0 Å². The van der Waals surface area contributed by atoms with Crippen LogP contribution in [0.5, 0.6) is 11.5 Å². The van der Waals surface area contributed by atoms with Crippen molar-refractivity contribution in [1.82, 2.24) is 0 Å². The SMILES string of the molecule is COc1cc(C)ccc1C(=O)c1cccc2c1OCC2. The van der Waals surface area contributed by atoms with E-state index >= 15 is 0 Å². The van der Waals surface area contributed by atoms with E-state index in [-0.39, 0.29) is 5.78 Å². The first-order valence-corrected chi connectivity index (χ1v) is 6.64. The molecule has 0 unspecified atom stereocenters. The number of ketones is 1. The number of benzene rings is 2. The monoisotopic (exact) mass is 268 g/mol. The first kappa shape index (κ1) is 12.7. The van der Waals surface area contributed by atoms with Gasteiger partial charge in [0, 0.05) is 6.42 Å². The number of methoxy groups -OCH3 is 1. The number of carbonyl (C=O) groups excluding carboxylic acids is 1. The minimum Gasteiger partial charge on any atom is -0.496 e. The van der Waals surface area contributed by atoms with Gasteiger partial charge in [0.05, 0.1) is 24.8 Å². The maximum Gasteiger partial charge on any atom is 0.200 e. The highest BCUT2D eigenvalue weighted by molar-refractivity contribution is 6.12. The molecule has 20 heavy (non-hydrogen) atoms. The maximum atomic E-state index is 12.7. The van der Waals surface area contributed by atoms with Crippen LogP contribution in [-0.4, -0.2) is 19.5 Å². The number of fused-ring (bicyclic) bond motifs is 1. The number of carbonyl (C=O) groups is 1. The van der Waals surface area contributed by atoms with Crippen molar-refractivity contribution in [2.45, 2.75) is 13.3 Å². The average Bonchev–Trinajstić information content (AvgIpc) is 2.94. The maximum absolute atomic E-state index is 12.7. The molecule has 1 heterocycles. The van der Waals surface area contributed by atoms with Crippen LogP contribution in [0.15, 0.2) is 36.4 Å². The first-order chi connectivity index (χ1) is 9.70. The fourth-order valence-electron chi connectivity index (χ4n) is 2.53. The highest BCUT2D eigenvalue weighted by Gasteiger charge is 2.23. The van der Waals surface area contributed by atoms with Crippen molar-refractivity contribution in [3.63, 3.8) is 0 Å². The Hall–Kier alpha value is -2.29. The van der Waals surface area contributed by atoms with Crippen LogP contribution in [0.2, 0.25) is 0 Å². The van der Waals surface area contributed by atoms with Gasteiger partial charge >= 0.3 is 0 Å². The highest BCUT2D eigenvalue weighted by atomic mass is 16.5. The molecule has 0 aliphatic carbocycles. The molecule has 3 nitrogen and oxygen atoms in total. The fourth-order valence-corrected chi connectivity index (χ4v) is 2.53. The summed E-state index contributed by atoms with van der Waals surface area (Å²) < 4.78 is 10.9. The summed E-state index contributed by atoms with van der Waals surface area (Å²) in [5.74, 6) is 1.27. The van der Waals surface area contributed by atoms with Crippen LogP contribution in [0, 0.1) is 6.92 Å². The molecular formula is C17H16O3. The Balaban J connectivity index is 2.08. The van der Waals surface area contributed by atoms with Gasteiger partial charge in [-0.3, -0.25) is 4.79 Å². The van der Waals surface area contributed by atoms with Gasteiger partial charge in [-0.25, -0.2) is 0 Å². The lowest BCUT2D eigenvalue weighted by atomic mass is 9.98. The largest absolute Gasteiger partial charge is 0.496 e. The van der Waals surface area contributed by atoms with E-state index < -0.39 is 0 Å². The number of aryl methyl sites for hydroxylation is 1. The van der Waals surface area contributed by atoms with Crippen LogP contribution in [0.4, 0.5) is 0 Å². The molecule has 0 amide bonds. The van der Waals surface area contributed by atoms with Crippen LogP contribution in [0.25, 0.3) is 0 Å². The minimum absolute atomic E-state index is 0.0550. The normalized spacial score (nSPS) is 12.7. The van der Waals surface area contributed by atoms with Gasteiger partial charge in [-0.05, 0) is 36.2 Å². The molecular weight excluding hydrogens is 252 g/mol. The average molecular weight is 268 g/mol. The third kappa shape index (κ3) is 2.05. The predicted molar refractivity (Wildman–Crippen MR) is 76.8 cm³/mol. The third-order valence-corrected chi connectivity index (χ3v) is 3.56. The molecule has 3 rings (SSSR count). The molecule has 0 spiro atoms. The summed E-state index contributed by atoms with van der Waals surface area (Å²) in [4.78, 5) is 12.7. The number of para-hydroxylation sites is 1. The summed E-state index contributed by atoms with van der Waals surface area (Å²) in [5.41, 5.74) is 3.35. The van der Waals surface area contributed by atoms with Crippen LogP contribution in [0.3, 0.4) is 0 Å². The lowest BCUT2D eigenvalue weighted by Gasteiger charge is -2.11. The molecule has 0 bridgehead atoms. The van der Waals surface area contributed by atoms with E-state index in [1.165, 1.54) is 0 Å². The Labute approximate surface area is 118 Å². The lowest BCUT2D eigenvalue weighted by molar-refractivity contribution is 0.103. The lowest BCUT2D eigenvalue weighted by Crippen LogP contribution is -2.06. The molecule has 1 aliphatic heterocycles. The molecule has 2 aromatic rings. The smallest absolute Gasteiger partial charge is 0.200 e. The van der Waals surface area contributed by atoms with Crippen LogP contribution in [-0.2, 0) is 6.42 Å². The van der Waals surface area contributed by atoms with Crippen molar-refractivity contribution in [2.75, 3.05) is 13.7 Å². The molecule has 0 atom stereocenters. The Bertz CT molecular complexity index is 674. The summed E-state index contributed by atoms with van der Waals surface area (Å²) in [6.45, 7) is 2.62. The molecule has 0 aromatic heterocycles. The molecule has 2 aromatic carbocycles. The predicted octanol–water partition coefficient (Wildman–Crippen LogP) is 3.17. The van der Waals surface area contributed by atoms with E-state index in [0.717, 1.165) is 23.3 Å². The summed E-state index contributed by atoms with van der Waals surface area (Å²) in [6.07, 6.45) is 0.863. The molecule has 0 N–H and O–H groups in total. The van der Waals surface area contributed by atoms with Crippen LogP contribution in [0.1, 0.15) is 27.0 Å². The van der Waals surface area contributed by atoms with E-state index in [4.69, 9.17) is 9.47 Å². The van der Waals surface area contributed by atoms with Gasteiger partial charge in [-0.15, -0.1) is 0 Å². The van der Waals surface area contributed by atoms with Gasteiger partial charge in [-0.2, -0.15) is 0 Å².